The molecule has 0 spiro atoms. The van der Waals surface area contributed by atoms with Crippen molar-refractivity contribution in [2.45, 2.75) is 45.1 Å². The van der Waals surface area contributed by atoms with Gasteiger partial charge in [-0.05, 0) is 92.6 Å². The van der Waals surface area contributed by atoms with Gasteiger partial charge in [0.15, 0.2) is 0 Å². The Morgan fingerprint density at radius 2 is 1.51 bits per heavy atom. The first kappa shape index (κ1) is 37.4. The number of alkyl halides is 6. The summed E-state index contributed by atoms with van der Waals surface area (Å²) >= 11 is 6.31. The number of anilines is 2. The molecule has 3 aromatic carbocycles. The molecular weight excluding hydrogens is 693 g/mol. The molecule has 1 heterocycles. The van der Waals surface area contributed by atoms with Gasteiger partial charge in [0.2, 0.25) is 5.91 Å². The lowest BCUT2D eigenvalue weighted by atomic mass is 9.95. The predicted molar refractivity (Wildman–Crippen MR) is 181 cm³/mol. The number of thiocarbonyl (C=S) groups is 1. The first-order chi connectivity index (χ1) is 22.6. The van der Waals surface area contributed by atoms with Crippen molar-refractivity contribution in [1.29, 1.82) is 0 Å². The molecule has 0 bridgehead atoms. The molecule has 7 nitrogen and oxygen atoms in total. The molecule has 1 fully saturated rings. The van der Waals surface area contributed by atoms with E-state index >= 15 is 0 Å². The number of carbonyl (C=O) groups is 3. The molecule has 260 valence electrons. The third-order valence-electron chi connectivity index (χ3n) is 6.94. The molecule has 15 heteroatoms. The Hall–Kier alpha value is -4.37. The van der Waals surface area contributed by atoms with Crippen molar-refractivity contribution in [3.63, 3.8) is 0 Å². The third-order valence-corrected chi connectivity index (χ3v) is 8.32. The summed E-state index contributed by atoms with van der Waals surface area (Å²) in [6, 6.07) is 12.0. The summed E-state index contributed by atoms with van der Waals surface area (Å²) in [5.41, 5.74) is -2.38. The Labute approximate surface area is 288 Å². The highest BCUT2D eigenvalue weighted by Gasteiger charge is 2.37. The molecule has 1 saturated heterocycles. The second kappa shape index (κ2) is 14.2. The maximum absolute atomic E-state index is 13.6. The molecule has 0 aliphatic carbocycles. The van der Waals surface area contributed by atoms with E-state index in [1.54, 1.807) is 58.0 Å². The fraction of sp³-hybridized carbons (Fsp3) is 0.294. The average Bonchev–Trinajstić information content (AvgIpc) is 3.25. The van der Waals surface area contributed by atoms with Gasteiger partial charge in [-0.25, -0.2) is 4.79 Å². The normalized spacial score (nSPS) is 14.8. The minimum Gasteiger partial charge on any atom is -0.456 e. The Morgan fingerprint density at radius 1 is 0.918 bits per heavy atom. The van der Waals surface area contributed by atoms with Crippen molar-refractivity contribution in [3.8, 4) is 11.1 Å². The predicted octanol–water partition coefficient (Wildman–Crippen LogP) is 8.64. The summed E-state index contributed by atoms with van der Waals surface area (Å²) in [5, 5.41) is 2.69. The molecule has 1 N–H and O–H groups in total. The number of benzene rings is 3. The topological polar surface area (TPSA) is 78.9 Å². The number of carbonyl (C=O) groups excluding carboxylic acids is 3. The van der Waals surface area contributed by atoms with Crippen molar-refractivity contribution >= 4 is 63.5 Å². The minimum atomic E-state index is -5.02. The van der Waals surface area contributed by atoms with Crippen LogP contribution in [0.15, 0.2) is 65.6 Å². The van der Waals surface area contributed by atoms with Crippen LogP contribution >= 0.6 is 24.0 Å². The zero-order valence-corrected chi connectivity index (χ0v) is 28.5. The summed E-state index contributed by atoms with van der Waals surface area (Å²) in [6.07, 6.45) is -8.73. The van der Waals surface area contributed by atoms with E-state index in [0.717, 1.165) is 11.8 Å². The Kier molecular flexibility index (Phi) is 10.9. The van der Waals surface area contributed by atoms with Gasteiger partial charge in [-0.15, -0.1) is 0 Å². The summed E-state index contributed by atoms with van der Waals surface area (Å²) in [5.74, 6) is -1.45. The highest BCUT2D eigenvalue weighted by molar-refractivity contribution is 8.26. The molecular formula is C34H31F6N3O4S2. The molecule has 0 aromatic heterocycles. The van der Waals surface area contributed by atoms with Crippen LogP contribution in [0.1, 0.15) is 54.2 Å². The van der Waals surface area contributed by atoms with Gasteiger partial charge >= 0.3 is 18.3 Å². The van der Waals surface area contributed by atoms with E-state index in [1.165, 1.54) is 35.2 Å². The Morgan fingerprint density at radius 3 is 2.04 bits per heavy atom. The van der Waals surface area contributed by atoms with Crippen molar-refractivity contribution in [2.75, 3.05) is 30.9 Å². The summed E-state index contributed by atoms with van der Waals surface area (Å²) < 4.78 is 87.1. The highest BCUT2D eigenvalue weighted by atomic mass is 32.2. The summed E-state index contributed by atoms with van der Waals surface area (Å²) in [4.78, 5) is 41.0. The van der Waals surface area contributed by atoms with Gasteiger partial charge in [-0.2, -0.15) is 26.3 Å². The van der Waals surface area contributed by atoms with Gasteiger partial charge < -0.3 is 15.0 Å². The van der Waals surface area contributed by atoms with Gasteiger partial charge in [0.1, 0.15) is 9.92 Å². The van der Waals surface area contributed by atoms with Crippen LogP contribution in [0, 0.1) is 0 Å². The molecule has 0 radical (unpaired) electrons. The van der Waals surface area contributed by atoms with Crippen molar-refractivity contribution in [3.05, 3.63) is 87.8 Å². The number of halogens is 6. The lowest BCUT2D eigenvalue weighted by Gasteiger charge is -2.20. The maximum atomic E-state index is 13.6. The number of amides is 2. The van der Waals surface area contributed by atoms with Crippen LogP contribution in [-0.4, -0.2) is 53.2 Å². The van der Waals surface area contributed by atoms with Crippen LogP contribution in [0.2, 0.25) is 0 Å². The smallest absolute Gasteiger partial charge is 0.416 e. The lowest BCUT2D eigenvalue weighted by molar-refractivity contribution is -0.143. The molecule has 3 aromatic rings. The number of hydrogen-bond acceptors (Lipinski definition) is 7. The van der Waals surface area contributed by atoms with E-state index in [1.807, 2.05) is 0 Å². The molecule has 0 unspecified atom stereocenters. The van der Waals surface area contributed by atoms with Gasteiger partial charge in [0.25, 0.3) is 5.91 Å². The Bertz CT molecular complexity index is 1780. The van der Waals surface area contributed by atoms with Gasteiger partial charge in [0.05, 0.1) is 21.6 Å². The monoisotopic (exact) mass is 723 g/mol. The largest absolute Gasteiger partial charge is 0.456 e. The second-order valence-electron chi connectivity index (χ2n) is 12.2. The Balaban J connectivity index is 1.51. The van der Waals surface area contributed by atoms with E-state index in [2.05, 4.69) is 5.32 Å². The number of ether oxygens (including phenoxy) is 1. The molecule has 49 heavy (non-hydrogen) atoms. The van der Waals surface area contributed by atoms with Crippen LogP contribution in [0.4, 0.5) is 37.7 Å². The SMILES string of the molecule is CN(C)c1ccc(/C=C2\SC(=S)N(CCC(=O)Nc3ccc(C(=O)OC(C)(C)C)cc3)C2=O)cc1-c1cc(C(F)(F)F)cc(C(F)(F)F)c1. The second-order valence-corrected chi connectivity index (χ2v) is 13.9. The lowest BCUT2D eigenvalue weighted by Crippen LogP contribution is -2.31. The quantitative estimate of drug-likeness (QED) is 0.108. The van der Waals surface area contributed by atoms with Gasteiger partial charge in [-0.3, -0.25) is 14.5 Å². The van der Waals surface area contributed by atoms with Gasteiger partial charge in [-0.1, -0.05) is 30.0 Å². The van der Waals surface area contributed by atoms with Crippen LogP contribution in [-0.2, 0) is 26.7 Å². The van der Waals surface area contributed by atoms with E-state index in [0.29, 0.717) is 34.6 Å². The first-order valence-corrected chi connectivity index (χ1v) is 15.8. The molecule has 1 aliphatic rings. The van der Waals surface area contributed by atoms with Crippen molar-refractivity contribution in [2.24, 2.45) is 0 Å². The van der Waals surface area contributed by atoms with Crippen LogP contribution in [0.5, 0.6) is 0 Å². The third kappa shape index (κ3) is 9.63. The standard InChI is InChI=1S/C34H31F6N3O4S2/c1-32(2,3)47-30(46)20-7-9-24(10-8-20)41-28(44)12-13-43-29(45)27(49-31(43)48)15-19-6-11-26(42(4)5)25(14-19)21-16-22(33(35,36)37)18-23(17-21)34(38,39)40/h6-11,14-18H,12-13H2,1-5H3,(H,41,44)/b27-15-. The summed E-state index contributed by atoms with van der Waals surface area (Å²) in [7, 11) is 3.19. The van der Waals surface area contributed by atoms with E-state index in [-0.39, 0.29) is 39.4 Å². The van der Waals surface area contributed by atoms with Crippen molar-refractivity contribution < 1.29 is 45.5 Å². The van der Waals surface area contributed by atoms with E-state index in [9.17, 15) is 40.7 Å². The number of nitrogens with zero attached hydrogens (tertiary/aromatic N) is 2. The zero-order chi connectivity index (χ0) is 36.5. The number of rotatable bonds is 8. The van der Waals surface area contributed by atoms with E-state index in [4.69, 9.17) is 17.0 Å². The fourth-order valence-corrected chi connectivity index (χ4v) is 5.99. The average molecular weight is 724 g/mol. The number of esters is 1. The molecule has 0 atom stereocenters. The van der Waals surface area contributed by atoms with E-state index < -0.39 is 46.9 Å². The number of nitrogens with one attached hydrogen (secondary N) is 1. The minimum absolute atomic E-state index is 0.0564. The van der Waals surface area contributed by atoms with Crippen LogP contribution in [0.3, 0.4) is 0 Å². The molecule has 2 amide bonds. The number of thioether (sulfide) groups is 1. The highest BCUT2D eigenvalue weighted by Crippen LogP contribution is 2.41. The van der Waals surface area contributed by atoms with Gasteiger partial charge in [0, 0.05) is 44.0 Å². The van der Waals surface area contributed by atoms with Crippen LogP contribution in [0.25, 0.3) is 17.2 Å². The molecule has 4 rings (SSSR count). The fourth-order valence-electron chi connectivity index (χ4n) is 4.68. The maximum Gasteiger partial charge on any atom is 0.416 e. The van der Waals surface area contributed by atoms with Crippen molar-refractivity contribution in [1.82, 2.24) is 4.90 Å². The zero-order valence-electron chi connectivity index (χ0n) is 26.9. The van der Waals surface area contributed by atoms with Crippen LogP contribution < -0.4 is 10.2 Å². The number of hydrogen-bond donors (Lipinski definition) is 1. The molecule has 0 saturated carbocycles. The summed E-state index contributed by atoms with van der Waals surface area (Å²) in [6.45, 7) is 5.18. The molecule has 1 aliphatic heterocycles. The first-order valence-electron chi connectivity index (χ1n) is 14.6.